The van der Waals surface area contributed by atoms with Crippen molar-refractivity contribution in [1.82, 2.24) is 0 Å². The summed E-state index contributed by atoms with van der Waals surface area (Å²) in [6.07, 6.45) is 5.09. The standard InChI is InChI=1S/C11H16ClNS/c1-11(4-2-5-11)7-9(13)10-8(12)3-6-14-10/h3,6,9H,2,4-5,7,13H2,1H3. The molecule has 1 fully saturated rings. The molecule has 0 spiro atoms. The first kappa shape index (κ1) is 10.5. The van der Waals surface area contributed by atoms with Gasteiger partial charge in [0.05, 0.1) is 5.02 Å². The Balaban J connectivity index is 2.02. The zero-order chi connectivity index (χ0) is 10.2. The molecule has 0 amide bonds. The lowest BCUT2D eigenvalue weighted by Crippen LogP contribution is -2.30. The summed E-state index contributed by atoms with van der Waals surface area (Å²) >= 11 is 7.73. The van der Waals surface area contributed by atoms with Gasteiger partial charge < -0.3 is 5.73 Å². The van der Waals surface area contributed by atoms with Crippen LogP contribution in [0.4, 0.5) is 0 Å². The van der Waals surface area contributed by atoms with Crippen LogP contribution in [0.3, 0.4) is 0 Å². The summed E-state index contributed by atoms with van der Waals surface area (Å²) in [7, 11) is 0. The van der Waals surface area contributed by atoms with E-state index in [1.807, 2.05) is 11.4 Å². The molecule has 78 valence electrons. The Bertz CT molecular complexity index is 317. The Hall–Kier alpha value is -0.0500. The average Bonchev–Trinajstić information content (AvgIpc) is 2.48. The van der Waals surface area contributed by atoms with Crippen LogP contribution in [0.2, 0.25) is 5.02 Å². The second-order valence-corrected chi connectivity index (χ2v) is 5.96. The molecule has 1 nitrogen and oxygen atoms in total. The van der Waals surface area contributed by atoms with Crippen LogP contribution in [0, 0.1) is 5.41 Å². The molecule has 1 aromatic rings. The average molecular weight is 230 g/mol. The molecule has 2 rings (SSSR count). The number of nitrogens with two attached hydrogens (primary N) is 1. The summed E-state index contributed by atoms with van der Waals surface area (Å²) < 4.78 is 0. The van der Waals surface area contributed by atoms with Gasteiger partial charge in [-0.3, -0.25) is 0 Å². The van der Waals surface area contributed by atoms with Crippen LogP contribution in [0.5, 0.6) is 0 Å². The van der Waals surface area contributed by atoms with Crippen LogP contribution in [-0.2, 0) is 0 Å². The molecule has 0 saturated heterocycles. The molecular formula is C11H16ClNS. The Morgan fingerprint density at radius 2 is 2.36 bits per heavy atom. The lowest BCUT2D eigenvalue weighted by Gasteiger charge is -2.40. The van der Waals surface area contributed by atoms with Crippen molar-refractivity contribution in [2.24, 2.45) is 11.1 Å². The van der Waals surface area contributed by atoms with E-state index in [1.165, 1.54) is 19.3 Å². The highest BCUT2D eigenvalue weighted by molar-refractivity contribution is 7.10. The van der Waals surface area contributed by atoms with Crippen LogP contribution in [0.15, 0.2) is 11.4 Å². The van der Waals surface area contributed by atoms with E-state index in [0.29, 0.717) is 5.41 Å². The van der Waals surface area contributed by atoms with Gasteiger partial charge in [-0.05, 0) is 36.1 Å². The first-order valence-corrected chi connectivity index (χ1v) is 6.35. The van der Waals surface area contributed by atoms with Gasteiger partial charge in [-0.15, -0.1) is 11.3 Å². The molecule has 1 aliphatic carbocycles. The summed E-state index contributed by atoms with van der Waals surface area (Å²) in [5.41, 5.74) is 6.64. The fraction of sp³-hybridized carbons (Fsp3) is 0.636. The number of hydrogen-bond donors (Lipinski definition) is 1. The number of hydrogen-bond acceptors (Lipinski definition) is 2. The largest absolute Gasteiger partial charge is 0.323 e. The molecule has 0 aliphatic heterocycles. The molecule has 2 N–H and O–H groups in total. The minimum Gasteiger partial charge on any atom is -0.323 e. The lowest BCUT2D eigenvalue weighted by atomic mass is 9.67. The molecule has 1 aliphatic rings. The summed E-state index contributed by atoms with van der Waals surface area (Å²) in [6, 6.07) is 2.07. The quantitative estimate of drug-likeness (QED) is 0.834. The molecule has 0 radical (unpaired) electrons. The fourth-order valence-corrected chi connectivity index (χ4v) is 3.38. The van der Waals surface area contributed by atoms with Crippen molar-refractivity contribution in [2.75, 3.05) is 0 Å². The summed E-state index contributed by atoms with van der Waals surface area (Å²) in [4.78, 5) is 1.15. The highest BCUT2D eigenvalue weighted by atomic mass is 35.5. The van der Waals surface area contributed by atoms with Crippen molar-refractivity contribution in [3.05, 3.63) is 21.3 Å². The smallest absolute Gasteiger partial charge is 0.0561 e. The maximum Gasteiger partial charge on any atom is 0.0561 e. The SMILES string of the molecule is CC1(CC(N)c2sccc2Cl)CCC1. The Labute approximate surface area is 94.3 Å². The lowest BCUT2D eigenvalue weighted by molar-refractivity contribution is 0.135. The zero-order valence-corrected chi connectivity index (χ0v) is 10.00. The van der Waals surface area contributed by atoms with Crippen LogP contribution < -0.4 is 5.73 Å². The molecule has 1 aromatic heterocycles. The Morgan fingerprint density at radius 1 is 1.64 bits per heavy atom. The van der Waals surface area contributed by atoms with Crippen LogP contribution in [0.25, 0.3) is 0 Å². The van der Waals surface area contributed by atoms with Crippen molar-refractivity contribution >= 4 is 22.9 Å². The van der Waals surface area contributed by atoms with Gasteiger partial charge in [0.25, 0.3) is 0 Å². The van der Waals surface area contributed by atoms with E-state index in [4.69, 9.17) is 17.3 Å². The van der Waals surface area contributed by atoms with E-state index in [9.17, 15) is 0 Å². The van der Waals surface area contributed by atoms with Crippen molar-refractivity contribution in [2.45, 2.75) is 38.6 Å². The van der Waals surface area contributed by atoms with Crippen molar-refractivity contribution < 1.29 is 0 Å². The first-order valence-electron chi connectivity index (χ1n) is 5.09. The van der Waals surface area contributed by atoms with Crippen molar-refractivity contribution in [3.63, 3.8) is 0 Å². The normalized spacial score (nSPS) is 21.6. The predicted octanol–water partition coefficient (Wildman–Crippen LogP) is 3.98. The second-order valence-electron chi connectivity index (χ2n) is 4.61. The van der Waals surface area contributed by atoms with Gasteiger partial charge in [0.15, 0.2) is 0 Å². The molecule has 14 heavy (non-hydrogen) atoms. The van der Waals surface area contributed by atoms with Gasteiger partial charge in [0, 0.05) is 10.9 Å². The van der Waals surface area contributed by atoms with E-state index in [1.54, 1.807) is 11.3 Å². The van der Waals surface area contributed by atoms with Crippen molar-refractivity contribution in [3.8, 4) is 0 Å². The van der Waals surface area contributed by atoms with E-state index in [0.717, 1.165) is 16.3 Å². The Morgan fingerprint density at radius 3 is 2.79 bits per heavy atom. The van der Waals surface area contributed by atoms with Crippen LogP contribution in [-0.4, -0.2) is 0 Å². The van der Waals surface area contributed by atoms with Crippen molar-refractivity contribution in [1.29, 1.82) is 0 Å². The maximum atomic E-state index is 6.16. The van der Waals surface area contributed by atoms with E-state index in [-0.39, 0.29) is 6.04 Å². The highest BCUT2D eigenvalue weighted by Crippen LogP contribution is 2.47. The van der Waals surface area contributed by atoms with Gasteiger partial charge in [0.1, 0.15) is 0 Å². The van der Waals surface area contributed by atoms with E-state index < -0.39 is 0 Å². The van der Waals surface area contributed by atoms with Crippen LogP contribution >= 0.6 is 22.9 Å². The van der Waals surface area contributed by atoms with Gasteiger partial charge in [-0.1, -0.05) is 24.9 Å². The van der Waals surface area contributed by atoms with E-state index in [2.05, 4.69) is 6.92 Å². The minimum absolute atomic E-state index is 0.132. The number of rotatable bonds is 3. The molecule has 3 heteroatoms. The number of halogens is 1. The summed E-state index contributed by atoms with van der Waals surface area (Å²) in [5.74, 6) is 0. The molecule has 1 heterocycles. The van der Waals surface area contributed by atoms with Gasteiger partial charge in [0.2, 0.25) is 0 Å². The minimum atomic E-state index is 0.132. The monoisotopic (exact) mass is 229 g/mol. The fourth-order valence-electron chi connectivity index (χ4n) is 2.18. The predicted molar refractivity (Wildman–Crippen MR) is 62.8 cm³/mol. The van der Waals surface area contributed by atoms with E-state index >= 15 is 0 Å². The third-order valence-electron chi connectivity index (χ3n) is 3.25. The van der Waals surface area contributed by atoms with Crippen LogP contribution in [0.1, 0.15) is 43.5 Å². The number of thiophene rings is 1. The van der Waals surface area contributed by atoms with Gasteiger partial charge >= 0.3 is 0 Å². The third kappa shape index (κ3) is 1.97. The first-order chi connectivity index (χ1) is 6.61. The molecule has 0 aromatic carbocycles. The molecule has 1 saturated carbocycles. The molecular weight excluding hydrogens is 214 g/mol. The molecule has 1 atom stereocenters. The maximum absolute atomic E-state index is 6.16. The summed E-state index contributed by atoms with van der Waals surface area (Å²) in [5, 5.41) is 2.85. The third-order valence-corrected chi connectivity index (χ3v) is 4.75. The Kier molecular flexibility index (Phi) is 2.87. The summed E-state index contributed by atoms with van der Waals surface area (Å²) in [6.45, 7) is 2.33. The second kappa shape index (κ2) is 3.84. The zero-order valence-electron chi connectivity index (χ0n) is 8.42. The molecule has 0 bridgehead atoms. The van der Waals surface area contributed by atoms with Gasteiger partial charge in [-0.25, -0.2) is 0 Å². The molecule has 1 unspecified atom stereocenters. The highest BCUT2D eigenvalue weighted by Gasteiger charge is 2.34. The van der Waals surface area contributed by atoms with Gasteiger partial charge in [-0.2, -0.15) is 0 Å². The topological polar surface area (TPSA) is 26.0 Å².